The van der Waals surface area contributed by atoms with Crippen LogP contribution >= 0.6 is 0 Å². The van der Waals surface area contributed by atoms with E-state index in [1.54, 1.807) is 6.92 Å². The molecule has 3 rings (SSSR count). The molecule has 1 aromatic heterocycles. The van der Waals surface area contributed by atoms with Crippen LogP contribution in [0.15, 0.2) is 30.5 Å². The normalized spacial score (nSPS) is 17.4. The lowest BCUT2D eigenvalue weighted by Gasteiger charge is -2.34. The summed E-state index contributed by atoms with van der Waals surface area (Å²) in [6, 6.07) is 3.87. The predicted octanol–water partition coefficient (Wildman–Crippen LogP) is 3.04. The Balaban J connectivity index is 1.97. The second kappa shape index (κ2) is 5.80. The number of halogens is 3. The summed E-state index contributed by atoms with van der Waals surface area (Å²) in [6.45, 7) is 2.01. The van der Waals surface area contributed by atoms with E-state index in [-0.39, 0.29) is 24.0 Å². The zero-order valence-corrected chi connectivity index (χ0v) is 12.9. The summed E-state index contributed by atoms with van der Waals surface area (Å²) < 4.78 is 39.4. The molecule has 0 unspecified atom stereocenters. The smallest absolute Gasteiger partial charge is 0.416 e. The van der Waals surface area contributed by atoms with Crippen molar-refractivity contribution in [3.63, 3.8) is 0 Å². The first-order valence-corrected chi connectivity index (χ1v) is 7.25. The fraction of sp³-hybridized carbons (Fsp3) is 0.267. The van der Waals surface area contributed by atoms with Crippen LogP contribution in [0.5, 0.6) is 0 Å². The summed E-state index contributed by atoms with van der Waals surface area (Å²) in [5, 5.41) is 14.9. The average Bonchev–Trinajstić information content (AvgIpc) is 2.89. The van der Waals surface area contributed by atoms with E-state index in [9.17, 15) is 22.8 Å². The third kappa shape index (κ3) is 3.02. The zero-order chi connectivity index (χ0) is 18.4. The monoisotopic (exact) mass is 354 g/mol. The minimum Gasteiger partial charge on any atom is -0.465 e. The molecule has 1 aliphatic rings. The van der Waals surface area contributed by atoms with Crippen molar-refractivity contribution in [1.29, 1.82) is 0 Å². The number of hydrogen-bond acceptors (Lipinski definition) is 3. The lowest BCUT2D eigenvalue weighted by molar-refractivity contribution is -0.137. The van der Waals surface area contributed by atoms with Crippen LogP contribution in [-0.4, -0.2) is 32.9 Å². The fourth-order valence-corrected chi connectivity index (χ4v) is 2.78. The Bertz CT molecular complexity index is 830. The standard InChI is InChI=1S/C15H13F3N4O3/c1-8-7-21-12(11(6-19-21)20-14(24)25)13(23)22(8)10-4-2-9(3-5-10)15(16,17)18/h2-6,8,20H,7H2,1H3,(H,24,25)/t8-/m0/s1. The molecular weight excluding hydrogens is 341 g/mol. The molecule has 0 saturated heterocycles. The van der Waals surface area contributed by atoms with Crippen LogP contribution in [0.1, 0.15) is 23.0 Å². The molecule has 2 N–H and O–H groups in total. The van der Waals surface area contributed by atoms with Gasteiger partial charge in [0.25, 0.3) is 5.91 Å². The van der Waals surface area contributed by atoms with Crippen LogP contribution in [0.3, 0.4) is 0 Å². The van der Waals surface area contributed by atoms with Gasteiger partial charge in [0.2, 0.25) is 0 Å². The summed E-state index contributed by atoms with van der Waals surface area (Å²) in [4.78, 5) is 24.9. The Morgan fingerprint density at radius 1 is 1.32 bits per heavy atom. The van der Waals surface area contributed by atoms with Crippen LogP contribution in [0.4, 0.5) is 29.3 Å². The molecule has 2 aromatic rings. The van der Waals surface area contributed by atoms with Crippen molar-refractivity contribution < 1.29 is 27.9 Å². The van der Waals surface area contributed by atoms with Crippen molar-refractivity contribution >= 4 is 23.4 Å². The number of amides is 2. The maximum atomic E-state index is 12.8. The van der Waals surface area contributed by atoms with Gasteiger partial charge in [-0.05, 0) is 31.2 Å². The van der Waals surface area contributed by atoms with Crippen LogP contribution in [0, 0.1) is 0 Å². The van der Waals surface area contributed by atoms with Gasteiger partial charge in [0, 0.05) is 5.69 Å². The van der Waals surface area contributed by atoms with Crippen LogP contribution in [-0.2, 0) is 12.7 Å². The van der Waals surface area contributed by atoms with Gasteiger partial charge in [0.1, 0.15) is 0 Å². The maximum absolute atomic E-state index is 12.8. The fourth-order valence-electron chi connectivity index (χ4n) is 2.78. The molecule has 7 nitrogen and oxygen atoms in total. The largest absolute Gasteiger partial charge is 0.465 e. The van der Waals surface area contributed by atoms with Gasteiger partial charge in [0.15, 0.2) is 5.69 Å². The predicted molar refractivity (Wildman–Crippen MR) is 81.6 cm³/mol. The first kappa shape index (κ1) is 16.8. The Morgan fingerprint density at radius 2 is 1.96 bits per heavy atom. The van der Waals surface area contributed by atoms with E-state index >= 15 is 0 Å². The Hall–Kier alpha value is -3.04. The molecule has 25 heavy (non-hydrogen) atoms. The zero-order valence-electron chi connectivity index (χ0n) is 12.9. The van der Waals surface area contributed by atoms with Crippen molar-refractivity contribution in [1.82, 2.24) is 9.78 Å². The number of aromatic nitrogens is 2. The molecule has 0 fully saturated rings. The number of carbonyl (C=O) groups is 2. The van der Waals surface area contributed by atoms with E-state index in [4.69, 9.17) is 5.11 Å². The van der Waals surface area contributed by atoms with E-state index in [0.717, 1.165) is 12.1 Å². The van der Waals surface area contributed by atoms with E-state index in [1.165, 1.54) is 27.9 Å². The first-order chi connectivity index (χ1) is 11.7. The molecule has 2 heterocycles. The molecule has 1 atom stereocenters. The van der Waals surface area contributed by atoms with Gasteiger partial charge in [-0.25, -0.2) is 4.79 Å². The number of nitrogens with one attached hydrogen (secondary N) is 1. The summed E-state index contributed by atoms with van der Waals surface area (Å²) >= 11 is 0. The molecule has 0 radical (unpaired) electrons. The molecule has 0 bridgehead atoms. The Labute approximate surface area is 139 Å². The topological polar surface area (TPSA) is 87.5 Å². The Morgan fingerprint density at radius 3 is 2.52 bits per heavy atom. The number of fused-ring (bicyclic) bond motifs is 1. The third-order valence-electron chi connectivity index (χ3n) is 3.85. The van der Waals surface area contributed by atoms with Crippen molar-refractivity contribution in [2.75, 3.05) is 10.2 Å². The summed E-state index contributed by atoms with van der Waals surface area (Å²) in [7, 11) is 0. The second-order valence-electron chi connectivity index (χ2n) is 5.59. The summed E-state index contributed by atoms with van der Waals surface area (Å²) in [5.41, 5.74) is -0.451. The minimum absolute atomic E-state index is 0.0290. The maximum Gasteiger partial charge on any atom is 0.416 e. The van der Waals surface area contributed by atoms with Gasteiger partial charge in [-0.3, -0.25) is 14.8 Å². The molecule has 1 aromatic carbocycles. The molecule has 1 aliphatic heterocycles. The summed E-state index contributed by atoms with van der Waals surface area (Å²) in [5.74, 6) is -0.542. The average molecular weight is 354 g/mol. The third-order valence-corrected chi connectivity index (χ3v) is 3.85. The molecular formula is C15H13F3N4O3. The van der Waals surface area contributed by atoms with Crippen LogP contribution in [0.2, 0.25) is 0 Å². The van der Waals surface area contributed by atoms with Crippen molar-refractivity contribution in [2.24, 2.45) is 0 Å². The number of rotatable bonds is 2. The van der Waals surface area contributed by atoms with Gasteiger partial charge >= 0.3 is 12.3 Å². The van der Waals surface area contributed by atoms with Crippen LogP contribution < -0.4 is 10.2 Å². The van der Waals surface area contributed by atoms with E-state index < -0.39 is 23.7 Å². The highest BCUT2D eigenvalue weighted by atomic mass is 19.4. The van der Waals surface area contributed by atoms with Crippen LogP contribution in [0.25, 0.3) is 0 Å². The number of nitrogens with zero attached hydrogens (tertiary/aromatic N) is 3. The highest BCUT2D eigenvalue weighted by Crippen LogP contribution is 2.33. The molecule has 10 heteroatoms. The second-order valence-corrected chi connectivity index (χ2v) is 5.59. The van der Waals surface area contributed by atoms with Gasteiger partial charge in [-0.1, -0.05) is 0 Å². The van der Waals surface area contributed by atoms with Crippen molar-refractivity contribution in [2.45, 2.75) is 25.7 Å². The van der Waals surface area contributed by atoms with Crippen molar-refractivity contribution in [3.8, 4) is 0 Å². The van der Waals surface area contributed by atoms with Crippen molar-refractivity contribution in [3.05, 3.63) is 41.7 Å². The molecule has 132 valence electrons. The van der Waals surface area contributed by atoms with Gasteiger partial charge in [-0.15, -0.1) is 0 Å². The van der Waals surface area contributed by atoms with Gasteiger partial charge < -0.3 is 10.0 Å². The number of hydrogen-bond donors (Lipinski definition) is 2. The quantitative estimate of drug-likeness (QED) is 0.868. The van der Waals surface area contributed by atoms with Gasteiger partial charge in [0.05, 0.1) is 30.0 Å². The van der Waals surface area contributed by atoms with E-state index in [1.807, 2.05) is 0 Å². The van der Waals surface area contributed by atoms with Gasteiger partial charge in [-0.2, -0.15) is 18.3 Å². The number of carbonyl (C=O) groups excluding carboxylic acids is 1. The highest BCUT2D eigenvalue weighted by Gasteiger charge is 2.35. The van der Waals surface area contributed by atoms with E-state index in [2.05, 4.69) is 10.4 Å². The van der Waals surface area contributed by atoms with E-state index in [0.29, 0.717) is 5.69 Å². The summed E-state index contributed by atoms with van der Waals surface area (Å²) in [6.07, 6.45) is -4.58. The lowest BCUT2D eigenvalue weighted by Crippen LogP contribution is -2.47. The number of benzene rings is 1. The number of anilines is 2. The molecule has 0 saturated carbocycles. The SMILES string of the molecule is C[C@H]1Cn2ncc(NC(=O)O)c2C(=O)N1c1ccc(C(F)(F)F)cc1. The first-order valence-electron chi connectivity index (χ1n) is 7.25. The minimum atomic E-state index is -4.47. The number of alkyl halides is 3. The lowest BCUT2D eigenvalue weighted by atomic mass is 10.1. The molecule has 0 spiro atoms. The highest BCUT2D eigenvalue weighted by molar-refractivity contribution is 6.10. The molecule has 2 amide bonds. The number of carboxylic acid groups (broad SMARTS) is 1. The molecule has 0 aliphatic carbocycles. The Kier molecular flexibility index (Phi) is 3.90.